The molecule has 1 atom stereocenters. The second kappa shape index (κ2) is 3.12. The zero-order valence-electron chi connectivity index (χ0n) is 8.07. The molecule has 1 saturated heterocycles. The standard InChI is InChI=1S/C12H13NO/c1-2-6-11-10(5-1)12-9(8-13-11)4-3-7-14-12/h1-2,5-6,9H,3-4,7-8H2. The first kappa shape index (κ1) is 8.04. The zero-order chi connectivity index (χ0) is 9.38. The van der Waals surface area contributed by atoms with Gasteiger partial charge in [0.15, 0.2) is 0 Å². The van der Waals surface area contributed by atoms with Crippen LogP contribution in [0.15, 0.2) is 29.3 Å². The smallest absolute Gasteiger partial charge is 0.110 e. The Morgan fingerprint density at radius 3 is 3.21 bits per heavy atom. The topological polar surface area (TPSA) is 21.6 Å². The van der Waals surface area contributed by atoms with Crippen LogP contribution in [0.2, 0.25) is 0 Å². The number of hydrogen-bond donors (Lipinski definition) is 0. The minimum atomic E-state index is 0.540. The van der Waals surface area contributed by atoms with Crippen molar-refractivity contribution in [2.24, 2.45) is 10.9 Å². The van der Waals surface area contributed by atoms with Gasteiger partial charge in [-0.3, -0.25) is 4.99 Å². The Kier molecular flexibility index (Phi) is 1.79. The number of benzene rings is 1. The van der Waals surface area contributed by atoms with Gasteiger partial charge in [-0.1, -0.05) is 12.1 Å². The Morgan fingerprint density at radius 2 is 2.21 bits per heavy atom. The molecule has 1 aromatic rings. The molecule has 14 heavy (non-hydrogen) atoms. The maximum atomic E-state index is 5.76. The van der Waals surface area contributed by atoms with Gasteiger partial charge in [0.25, 0.3) is 0 Å². The van der Waals surface area contributed by atoms with Crippen LogP contribution in [0.4, 0.5) is 0 Å². The van der Waals surface area contributed by atoms with E-state index in [2.05, 4.69) is 23.2 Å². The Morgan fingerprint density at radius 1 is 1.29 bits per heavy atom. The summed E-state index contributed by atoms with van der Waals surface area (Å²) in [4.78, 5) is 4.58. The van der Waals surface area contributed by atoms with Gasteiger partial charge in [-0.05, 0) is 25.0 Å². The van der Waals surface area contributed by atoms with Crippen molar-refractivity contribution < 1.29 is 4.74 Å². The van der Waals surface area contributed by atoms with E-state index in [0.29, 0.717) is 5.92 Å². The van der Waals surface area contributed by atoms with E-state index in [9.17, 15) is 0 Å². The van der Waals surface area contributed by atoms with Crippen LogP contribution in [-0.2, 0) is 4.74 Å². The summed E-state index contributed by atoms with van der Waals surface area (Å²) in [6, 6.07) is 8.27. The molecule has 2 nitrogen and oxygen atoms in total. The number of hydrogen-bond acceptors (Lipinski definition) is 2. The summed E-state index contributed by atoms with van der Waals surface area (Å²) in [5, 5.41) is 2.31. The summed E-state index contributed by atoms with van der Waals surface area (Å²) in [5.41, 5.74) is 0. The van der Waals surface area contributed by atoms with Crippen LogP contribution in [-0.4, -0.2) is 13.2 Å². The minimum absolute atomic E-state index is 0.540. The van der Waals surface area contributed by atoms with Crippen LogP contribution in [0.3, 0.4) is 0 Å². The van der Waals surface area contributed by atoms with Crippen LogP contribution in [0.1, 0.15) is 12.8 Å². The lowest BCUT2D eigenvalue weighted by molar-refractivity contribution is 0.190. The highest BCUT2D eigenvalue weighted by Crippen LogP contribution is 2.25. The highest BCUT2D eigenvalue weighted by Gasteiger charge is 2.23. The molecule has 0 aromatic heterocycles. The maximum Gasteiger partial charge on any atom is 0.110 e. The van der Waals surface area contributed by atoms with Gasteiger partial charge in [-0.15, -0.1) is 0 Å². The van der Waals surface area contributed by atoms with Crippen molar-refractivity contribution in [3.63, 3.8) is 0 Å². The highest BCUT2D eigenvalue weighted by molar-refractivity contribution is 5.42. The average molecular weight is 187 g/mol. The second-order valence-electron chi connectivity index (χ2n) is 3.91. The molecule has 0 saturated carbocycles. The lowest BCUT2D eigenvalue weighted by Gasteiger charge is -2.26. The molecule has 3 rings (SSSR count). The third-order valence-corrected chi connectivity index (χ3v) is 2.98. The van der Waals surface area contributed by atoms with Gasteiger partial charge in [0.05, 0.1) is 12.0 Å². The van der Waals surface area contributed by atoms with Crippen LogP contribution in [0.25, 0.3) is 5.76 Å². The number of rotatable bonds is 0. The number of nitrogens with zero attached hydrogens (tertiary/aromatic N) is 1. The lowest BCUT2D eigenvalue weighted by Crippen LogP contribution is -2.37. The zero-order valence-corrected chi connectivity index (χ0v) is 8.07. The summed E-state index contributed by atoms with van der Waals surface area (Å²) < 4.78 is 5.76. The molecule has 0 N–H and O–H groups in total. The highest BCUT2D eigenvalue weighted by atomic mass is 16.5. The molecule has 2 heteroatoms. The minimum Gasteiger partial charge on any atom is -0.497 e. The van der Waals surface area contributed by atoms with E-state index in [0.717, 1.165) is 18.5 Å². The molecule has 2 aliphatic heterocycles. The van der Waals surface area contributed by atoms with E-state index in [1.165, 1.54) is 23.8 Å². The molecular formula is C12H13NO. The molecule has 1 fully saturated rings. The second-order valence-corrected chi connectivity index (χ2v) is 3.91. The Bertz CT molecular complexity index is 463. The molecule has 2 heterocycles. The molecule has 0 aliphatic carbocycles. The Hall–Kier alpha value is -1.31. The van der Waals surface area contributed by atoms with Gasteiger partial charge < -0.3 is 4.74 Å². The third kappa shape index (κ3) is 1.14. The first-order valence-corrected chi connectivity index (χ1v) is 5.22. The van der Waals surface area contributed by atoms with Gasteiger partial charge in [0, 0.05) is 17.7 Å². The van der Waals surface area contributed by atoms with Crippen molar-refractivity contribution in [2.45, 2.75) is 12.8 Å². The van der Waals surface area contributed by atoms with Crippen LogP contribution in [0, 0.1) is 5.92 Å². The molecule has 0 bridgehead atoms. The lowest BCUT2D eigenvalue weighted by atomic mass is 9.95. The van der Waals surface area contributed by atoms with Gasteiger partial charge in [0.2, 0.25) is 0 Å². The van der Waals surface area contributed by atoms with E-state index in [-0.39, 0.29) is 0 Å². The van der Waals surface area contributed by atoms with Crippen molar-refractivity contribution in [3.8, 4) is 0 Å². The van der Waals surface area contributed by atoms with Crippen LogP contribution >= 0.6 is 0 Å². The first-order valence-electron chi connectivity index (χ1n) is 5.22. The normalized spacial score (nSPS) is 24.3. The van der Waals surface area contributed by atoms with E-state index < -0.39 is 0 Å². The van der Waals surface area contributed by atoms with Crippen molar-refractivity contribution in [2.75, 3.05) is 13.2 Å². The predicted octanol–water partition coefficient (Wildman–Crippen LogP) is 0.855. The molecule has 0 spiro atoms. The maximum absolute atomic E-state index is 5.76. The van der Waals surface area contributed by atoms with Crippen LogP contribution in [0.5, 0.6) is 0 Å². The fourth-order valence-corrected chi connectivity index (χ4v) is 2.26. The van der Waals surface area contributed by atoms with Gasteiger partial charge in [-0.25, -0.2) is 0 Å². The number of ether oxygens (including phenoxy) is 1. The summed E-state index contributed by atoms with van der Waals surface area (Å²) >= 11 is 0. The fourth-order valence-electron chi connectivity index (χ4n) is 2.26. The molecule has 0 radical (unpaired) electrons. The molecule has 1 unspecified atom stereocenters. The quantitative estimate of drug-likeness (QED) is 0.590. The van der Waals surface area contributed by atoms with Gasteiger partial charge in [-0.2, -0.15) is 0 Å². The third-order valence-electron chi connectivity index (χ3n) is 2.98. The Balaban J connectivity index is 2.27. The van der Waals surface area contributed by atoms with E-state index in [4.69, 9.17) is 4.74 Å². The molecule has 0 amide bonds. The Labute approximate surface area is 82.9 Å². The predicted molar refractivity (Wildman–Crippen MR) is 54.2 cm³/mol. The van der Waals surface area contributed by atoms with Crippen LogP contribution < -0.4 is 10.6 Å². The molecule has 1 aromatic carbocycles. The molecule has 2 aliphatic rings. The van der Waals surface area contributed by atoms with Crippen molar-refractivity contribution in [1.82, 2.24) is 0 Å². The summed E-state index contributed by atoms with van der Waals surface area (Å²) in [5.74, 6) is 1.72. The molecular weight excluding hydrogens is 174 g/mol. The first-order chi connectivity index (χ1) is 6.95. The number of para-hydroxylation sites is 1. The molecule has 72 valence electrons. The largest absolute Gasteiger partial charge is 0.497 e. The number of fused-ring (bicyclic) bond motifs is 2. The average Bonchev–Trinajstić information content (AvgIpc) is 2.29. The van der Waals surface area contributed by atoms with Gasteiger partial charge in [0.1, 0.15) is 5.76 Å². The van der Waals surface area contributed by atoms with Crippen molar-refractivity contribution in [3.05, 3.63) is 34.8 Å². The fraction of sp³-hybridized carbons (Fsp3) is 0.417. The van der Waals surface area contributed by atoms with E-state index in [1.54, 1.807) is 0 Å². The monoisotopic (exact) mass is 187 g/mol. The van der Waals surface area contributed by atoms with E-state index >= 15 is 0 Å². The summed E-state index contributed by atoms with van der Waals surface area (Å²) in [6.07, 6.45) is 2.40. The van der Waals surface area contributed by atoms with E-state index in [1.807, 2.05) is 6.07 Å². The SMILES string of the molecule is c1ccc2c(c1)=NCC1CCCOC=21. The summed E-state index contributed by atoms with van der Waals surface area (Å²) in [6.45, 7) is 1.78. The van der Waals surface area contributed by atoms with Crippen molar-refractivity contribution >= 4 is 5.76 Å². The van der Waals surface area contributed by atoms with Crippen molar-refractivity contribution in [1.29, 1.82) is 0 Å². The van der Waals surface area contributed by atoms with Gasteiger partial charge >= 0.3 is 0 Å². The summed E-state index contributed by atoms with van der Waals surface area (Å²) in [7, 11) is 0.